The Labute approximate surface area is 143 Å². The maximum Gasteiger partial charge on any atom is 0.322 e. The van der Waals surface area contributed by atoms with E-state index in [1.807, 2.05) is 30.3 Å². The number of carbonyl (C=O) groups is 2. The molecule has 0 aliphatic heterocycles. The molecule has 0 radical (unpaired) electrons. The highest BCUT2D eigenvalue weighted by molar-refractivity contribution is 6.11. The summed E-state index contributed by atoms with van der Waals surface area (Å²) in [5.41, 5.74) is 0.256. The van der Waals surface area contributed by atoms with Gasteiger partial charge in [0, 0.05) is 17.5 Å². The number of carbonyl (C=O) groups excluding carboxylic acids is 2. The Bertz CT molecular complexity index is 976. The summed E-state index contributed by atoms with van der Waals surface area (Å²) in [7, 11) is 1.28. The van der Waals surface area contributed by atoms with Crippen LogP contribution in [-0.4, -0.2) is 23.6 Å². The van der Waals surface area contributed by atoms with Crippen molar-refractivity contribution in [1.29, 1.82) is 0 Å². The van der Waals surface area contributed by atoms with Gasteiger partial charge in [-0.15, -0.1) is 0 Å². The molecule has 1 aliphatic rings. The number of benzene rings is 2. The molecule has 2 atom stereocenters. The van der Waals surface area contributed by atoms with E-state index in [0.717, 1.165) is 16.5 Å². The van der Waals surface area contributed by atoms with Gasteiger partial charge >= 0.3 is 5.97 Å². The summed E-state index contributed by atoms with van der Waals surface area (Å²) < 4.78 is 19.6. The van der Waals surface area contributed by atoms with E-state index in [2.05, 4.69) is 0 Å². The van der Waals surface area contributed by atoms with Crippen LogP contribution in [0.25, 0.3) is 10.9 Å². The molecule has 1 aliphatic carbocycles. The molecule has 1 aromatic heterocycles. The smallest absolute Gasteiger partial charge is 0.322 e. The van der Waals surface area contributed by atoms with Crippen molar-refractivity contribution in [2.75, 3.05) is 7.11 Å². The van der Waals surface area contributed by atoms with Gasteiger partial charge in [0.15, 0.2) is 5.41 Å². The van der Waals surface area contributed by atoms with Gasteiger partial charge in [0.1, 0.15) is 5.82 Å². The number of methoxy groups -OCH3 is 1. The first-order valence-electron chi connectivity index (χ1n) is 8.02. The molecule has 4 rings (SSSR count). The van der Waals surface area contributed by atoms with Gasteiger partial charge in [-0.05, 0) is 36.2 Å². The number of ether oxygens (including phenoxy) is 1. The van der Waals surface area contributed by atoms with Crippen LogP contribution in [0.2, 0.25) is 0 Å². The summed E-state index contributed by atoms with van der Waals surface area (Å²) in [6.07, 6.45) is 2.04. The van der Waals surface area contributed by atoms with E-state index in [9.17, 15) is 14.0 Å². The van der Waals surface area contributed by atoms with E-state index < -0.39 is 11.4 Å². The lowest BCUT2D eigenvalue weighted by Crippen LogP contribution is -2.32. The zero-order chi connectivity index (χ0) is 17.6. The highest BCUT2D eigenvalue weighted by Crippen LogP contribution is 2.61. The van der Waals surface area contributed by atoms with Gasteiger partial charge in [-0.2, -0.15) is 0 Å². The second-order valence-corrected chi connectivity index (χ2v) is 6.32. The average molecular weight is 337 g/mol. The Kier molecular flexibility index (Phi) is 3.46. The van der Waals surface area contributed by atoms with Gasteiger partial charge in [-0.25, -0.2) is 4.39 Å². The van der Waals surface area contributed by atoms with E-state index in [1.54, 1.807) is 18.3 Å². The van der Waals surface area contributed by atoms with Crippen LogP contribution < -0.4 is 0 Å². The fourth-order valence-corrected chi connectivity index (χ4v) is 3.57. The third-order valence-corrected chi connectivity index (χ3v) is 4.98. The summed E-state index contributed by atoms with van der Waals surface area (Å²) >= 11 is 0. The molecule has 25 heavy (non-hydrogen) atoms. The molecule has 5 heteroatoms. The maximum absolute atomic E-state index is 13.2. The molecule has 1 heterocycles. The Morgan fingerprint density at radius 3 is 2.56 bits per heavy atom. The van der Waals surface area contributed by atoms with Crippen LogP contribution in [0.15, 0.2) is 60.8 Å². The molecule has 0 N–H and O–H groups in total. The number of esters is 1. The number of halogens is 1. The monoisotopic (exact) mass is 337 g/mol. The van der Waals surface area contributed by atoms with Crippen molar-refractivity contribution in [3.05, 3.63) is 72.2 Å². The van der Waals surface area contributed by atoms with Crippen LogP contribution in [0.5, 0.6) is 0 Å². The predicted molar refractivity (Wildman–Crippen MR) is 90.8 cm³/mol. The lowest BCUT2D eigenvalue weighted by molar-refractivity contribution is -0.145. The molecule has 2 aromatic carbocycles. The lowest BCUT2D eigenvalue weighted by atomic mass is 9.97. The van der Waals surface area contributed by atoms with Crippen molar-refractivity contribution in [3.63, 3.8) is 0 Å². The minimum Gasteiger partial charge on any atom is -0.468 e. The Hall–Kier alpha value is -2.95. The van der Waals surface area contributed by atoms with Crippen molar-refractivity contribution in [2.45, 2.75) is 12.3 Å². The lowest BCUT2D eigenvalue weighted by Gasteiger charge is -2.15. The number of para-hydroxylation sites is 1. The Balaban J connectivity index is 1.77. The van der Waals surface area contributed by atoms with Gasteiger partial charge in [-0.3, -0.25) is 14.2 Å². The fourth-order valence-electron chi connectivity index (χ4n) is 3.57. The molecule has 0 amide bonds. The predicted octanol–water partition coefficient (Wildman–Crippen LogP) is 3.77. The molecule has 0 saturated heterocycles. The molecule has 2 unspecified atom stereocenters. The van der Waals surface area contributed by atoms with Crippen LogP contribution in [0, 0.1) is 11.2 Å². The van der Waals surface area contributed by atoms with Gasteiger partial charge in [0.25, 0.3) is 0 Å². The first kappa shape index (κ1) is 15.6. The van der Waals surface area contributed by atoms with Crippen molar-refractivity contribution in [1.82, 2.24) is 4.57 Å². The van der Waals surface area contributed by atoms with Crippen LogP contribution >= 0.6 is 0 Å². The Morgan fingerprint density at radius 2 is 1.84 bits per heavy atom. The van der Waals surface area contributed by atoms with Crippen molar-refractivity contribution in [3.8, 4) is 0 Å². The summed E-state index contributed by atoms with van der Waals surface area (Å²) in [4.78, 5) is 25.7. The largest absolute Gasteiger partial charge is 0.468 e. The van der Waals surface area contributed by atoms with E-state index in [4.69, 9.17) is 4.74 Å². The highest BCUT2D eigenvalue weighted by Gasteiger charge is 2.67. The molecule has 0 spiro atoms. The second kappa shape index (κ2) is 5.55. The minimum absolute atomic E-state index is 0.310. The number of nitrogens with zero attached hydrogens (tertiary/aromatic N) is 1. The fraction of sp³-hybridized carbons (Fsp3) is 0.200. The van der Waals surface area contributed by atoms with Crippen molar-refractivity contribution in [2.24, 2.45) is 5.41 Å². The third kappa shape index (κ3) is 2.27. The topological polar surface area (TPSA) is 48.3 Å². The zero-order valence-corrected chi connectivity index (χ0v) is 13.6. The SMILES string of the molecule is COC(=O)C1(C(=O)n2ccc3ccccc32)CC1c1ccc(F)cc1. The standard InChI is InChI=1S/C20H16FNO3/c1-25-19(24)20(12-16(20)13-6-8-15(21)9-7-13)18(23)22-11-10-14-4-2-3-5-17(14)22/h2-11,16H,12H2,1H3. The molecule has 126 valence electrons. The molecule has 1 fully saturated rings. The summed E-state index contributed by atoms with van der Waals surface area (Å²) in [6, 6.07) is 15.2. The normalized spacial score (nSPS) is 21.9. The van der Waals surface area contributed by atoms with Crippen molar-refractivity contribution >= 4 is 22.8 Å². The van der Waals surface area contributed by atoms with Crippen LogP contribution in [0.4, 0.5) is 4.39 Å². The number of aromatic nitrogens is 1. The van der Waals surface area contributed by atoms with Crippen LogP contribution in [0.3, 0.4) is 0 Å². The Morgan fingerprint density at radius 1 is 1.12 bits per heavy atom. The van der Waals surface area contributed by atoms with Gasteiger partial charge in [-0.1, -0.05) is 30.3 Å². The molecular formula is C20H16FNO3. The third-order valence-electron chi connectivity index (χ3n) is 4.98. The number of hydrogen-bond donors (Lipinski definition) is 0. The molecular weight excluding hydrogens is 321 g/mol. The van der Waals surface area contributed by atoms with E-state index in [1.165, 1.54) is 23.8 Å². The van der Waals surface area contributed by atoms with E-state index in [0.29, 0.717) is 6.42 Å². The van der Waals surface area contributed by atoms with E-state index >= 15 is 0 Å². The summed E-state index contributed by atoms with van der Waals surface area (Å²) in [6.45, 7) is 0. The molecule has 3 aromatic rings. The van der Waals surface area contributed by atoms with Gasteiger partial charge in [0.2, 0.25) is 5.91 Å². The van der Waals surface area contributed by atoms with Gasteiger partial charge in [0.05, 0.1) is 12.6 Å². The number of hydrogen-bond acceptors (Lipinski definition) is 3. The minimum atomic E-state index is -1.26. The quantitative estimate of drug-likeness (QED) is 0.540. The van der Waals surface area contributed by atoms with E-state index in [-0.39, 0.29) is 17.6 Å². The average Bonchev–Trinajstić information content (AvgIpc) is 3.26. The number of fused-ring (bicyclic) bond motifs is 1. The van der Waals surface area contributed by atoms with Crippen molar-refractivity contribution < 1.29 is 18.7 Å². The zero-order valence-electron chi connectivity index (χ0n) is 13.6. The highest BCUT2D eigenvalue weighted by atomic mass is 19.1. The molecule has 4 nitrogen and oxygen atoms in total. The molecule has 1 saturated carbocycles. The first-order valence-corrected chi connectivity index (χ1v) is 8.02. The van der Waals surface area contributed by atoms with Crippen LogP contribution in [0.1, 0.15) is 22.7 Å². The molecule has 0 bridgehead atoms. The maximum atomic E-state index is 13.2. The van der Waals surface area contributed by atoms with Crippen LogP contribution in [-0.2, 0) is 9.53 Å². The first-order chi connectivity index (χ1) is 12.1. The summed E-state index contributed by atoms with van der Waals surface area (Å²) in [5, 5.41) is 0.926. The second-order valence-electron chi connectivity index (χ2n) is 6.32. The van der Waals surface area contributed by atoms with Gasteiger partial charge < -0.3 is 4.74 Å². The number of rotatable bonds is 3. The summed E-state index contributed by atoms with van der Waals surface area (Å²) in [5.74, 6) is -1.52.